The van der Waals surface area contributed by atoms with Gasteiger partial charge >= 0.3 is 0 Å². The maximum Gasteiger partial charge on any atom is 0.253 e. The van der Waals surface area contributed by atoms with Gasteiger partial charge < -0.3 is 0 Å². The average molecular weight is 341 g/mol. The van der Waals surface area contributed by atoms with Gasteiger partial charge in [0.2, 0.25) is 0 Å². The average Bonchev–Trinajstić information content (AvgIpc) is 2.58. The van der Waals surface area contributed by atoms with Gasteiger partial charge in [0.1, 0.15) is 6.33 Å². The molecule has 0 amide bonds. The van der Waals surface area contributed by atoms with Crippen LogP contribution in [-0.4, -0.2) is 37.5 Å². The Morgan fingerprint density at radius 3 is 2.44 bits per heavy atom. The minimum Gasteiger partial charge on any atom is -0.299 e. The Morgan fingerprint density at radius 2 is 1.84 bits per heavy atom. The van der Waals surface area contributed by atoms with Crippen molar-refractivity contribution < 1.29 is 0 Å². The number of hydrogen-bond donors (Lipinski definition) is 0. The molecule has 0 aromatic carbocycles. The van der Waals surface area contributed by atoms with Gasteiger partial charge in [0.15, 0.2) is 0 Å². The largest absolute Gasteiger partial charge is 0.299 e. The third kappa shape index (κ3) is 4.72. The van der Waals surface area contributed by atoms with Crippen molar-refractivity contribution in [3.05, 3.63) is 52.7 Å². The summed E-state index contributed by atoms with van der Waals surface area (Å²) >= 11 is 0. The first-order valence-electron chi connectivity index (χ1n) is 8.95. The van der Waals surface area contributed by atoms with Crippen LogP contribution in [-0.2, 0) is 18.5 Å². The first kappa shape index (κ1) is 17.7. The Kier molecular flexibility index (Phi) is 5.27. The summed E-state index contributed by atoms with van der Waals surface area (Å²) in [5.41, 5.74) is 1.97. The maximum absolute atomic E-state index is 12.4. The summed E-state index contributed by atoms with van der Waals surface area (Å²) in [5, 5.41) is 0. The van der Waals surface area contributed by atoms with Crippen LogP contribution in [0.15, 0.2) is 35.9 Å². The van der Waals surface area contributed by atoms with E-state index in [0.29, 0.717) is 5.92 Å². The Hall–Kier alpha value is -2.08. The van der Waals surface area contributed by atoms with E-state index in [1.165, 1.54) is 0 Å². The fraction of sp³-hybridized carbons (Fsp3) is 0.579. The second-order valence-electron chi connectivity index (χ2n) is 7.98. The molecule has 6 nitrogen and oxygen atoms in total. The molecule has 0 aliphatic carbocycles. The molecule has 134 valence electrons. The van der Waals surface area contributed by atoms with E-state index >= 15 is 0 Å². The molecular formula is C19H27N5O. The molecule has 0 saturated carbocycles. The lowest BCUT2D eigenvalue weighted by Crippen LogP contribution is -2.36. The first-order chi connectivity index (χ1) is 11.9. The third-order valence-electron chi connectivity index (χ3n) is 4.83. The molecule has 0 atom stereocenters. The molecule has 2 aromatic rings. The fourth-order valence-electron chi connectivity index (χ4n) is 3.25. The van der Waals surface area contributed by atoms with E-state index in [0.717, 1.165) is 50.3 Å². The van der Waals surface area contributed by atoms with E-state index < -0.39 is 0 Å². The normalized spacial score (nSPS) is 16.9. The van der Waals surface area contributed by atoms with E-state index in [4.69, 9.17) is 0 Å². The van der Waals surface area contributed by atoms with E-state index in [1.807, 2.05) is 12.4 Å². The van der Waals surface area contributed by atoms with Crippen molar-refractivity contribution in [1.82, 2.24) is 24.4 Å². The lowest BCUT2D eigenvalue weighted by atomic mass is 9.92. The number of likely N-dealkylation sites (tertiary alicyclic amines) is 1. The zero-order valence-electron chi connectivity index (χ0n) is 15.4. The molecule has 0 N–H and O–H groups in total. The Morgan fingerprint density at radius 1 is 1.16 bits per heavy atom. The summed E-state index contributed by atoms with van der Waals surface area (Å²) in [4.78, 5) is 27.4. The standard InChI is InChI=1S/C19H27N5O/c1-19(2,3)17-8-18(25)24(14-22-17)12-15-4-6-23(7-5-15)11-16-9-20-13-21-10-16/h8-10,13-15H,4-7,11-12H2,1-3H3. The quantitative estimate of drug-likeness (QED) is 0.853. The summed E-state index contributed by atoms with van der Waals surface area (Å²) in [7, 11) is 0. The van der Waals surface area contributed by atoms with Gasteiger partial charge in [0, 0.05) is 42.5 Å². The minimum atomic E-state index is -0.0925. The molecule has 1 fully saturated rings. The van der Waals surface area contributed by atoms with E-state index in [2.05, 4.69) is 40.6 Å². The topological polar surface area (TPSA) is 63.9 Å². The molecule has 0 unspecified atom stereocenters. The Bertz CT molecular complexity index is 742. The van der Waals surface area contributed by atoms with Crippen LogP contribution in [0.1, 0.15) is 44.9 Å². The number of hydrogen-bond acceptors (Lipinski definition) is 5. The van der Waals surface area contributed by atoms with Gasteiger partial charge in [-0.3, -0.25) is 14.3 Å². The van der Waals surface area contributed by atoms with Crippen molar-refractivity contribution in [2.24, 2.45) is 5.92 Å². The zero-order chi connectivity index (χ0) is 17.9. The number of nitrogens with zero attached hydrogens (tertiary/aromatic N) is 5. The van der Waals surface area contributed by atoms with Gasteiger partial charge in [-0.1, -0.05) is 20.8 Å². The molecular weight excluding hydrogens is 314 g/mol. The number of rotatable bonds is 4. The van der Waals surface area contributed by atoms with Crippen molar-refractivity contribution in [2.45, 2.75) is 52.1 Å². The van der Waals surface area contributed by atoms with Gasteiger partial charge in [0.05, 0.1) is 12.0 Å². The van der Waals surface area contributed by atoms with Crippen LogP contribution in [0.4, 0.5) is 0 Å². The molecule has 1 aliphatic rings. The van der Waals surface area contributed by atoms with Crippen molar-refractivity contribution >= 4 is 0 Å². The lowest BCUT2D eigenvalue weighted by molar-refractivity contribution is 0.166. The molecule has 2 aromatic heterocycles. The zero-order valence-corrected chi connectivity index (χ0v) is 15.4. The highest BCUT2D eigenvalue weighted by atomic mass is 16.1. The molecule has 1 saturated heterocycles. The fourth-order valence-corrected chi connectivity index (χ4v) is 3.25. The van der Waals surface area contributed by atoms with Crippen molar-refractivity contribution in [3.63, 3.8) is 0 Å². The molecule has 0 spiro atoms. The minimum absolute atomic E-state index is 0.0591. The van der Waals surface area contributed by atoms with E-state index in [-0.39, 0.29) is 11.0 Å². The first-order valence-corrected chi connectivity index (χ1v) is 8.95. The molecule has 6 heteroatoms. The van der Waals surface area contributed by atoms with Gasteiger partial charge in [-0.2, -0.15) is 0 Å². The maximum atomic E-state index is 12.4. The smallest absolute Gasteiger partial charge is 0.253 e. The van der Waals surface area contributed by atoms with Crippen molar-refractivity contribution in [3.8, 4) is 0 Å². The summed E-state index contributed by atoms with van der Waals surface area (Å²) in [6.45, 7) is 9.98. The SMILES string of the molecule is CC(C)(C)c1cc(=O)n(CC2CCN(Cc3cncnc3)CC2)cn1. The van der Waals surface area contributed by atoms with Crippen molar-refractivity contribution in [2.75, 3.05) is 13.1 Å². The molecule has 25 heavy (non-hydrogen) atoms. The van der Waals surface area contributed by atoms with Crippen LogP contribution in [0.2, 0.25) is 0 Å². The van der Waals surface area contributed by atoms with Gasteiger partial charge in [-0.05, 0) is 31.8 Å². The van der Waals surface area contributed by atoms with Crippen LogP contribution < -0.4 is 5.56 Å². The molecule has 1 aliphatic heterocycles. The van der Waals surface area contributed by atoms with Crippen LogP contribution in [0.3, 0.4) is 0 Å². The second kappa shape index (κ2) is 7.44. The molecule has 3 rings (SSSR count). The Balaban J connectivity index is 1.55. The van der Waals surface area contributed by atoms with Gasteiger partial charge in [-0.15, -0.1) is 0 Å². The molecule has 3 heterocycles. The van der Waals surface area contributed by atoms with Crippen LogP contribution in [0.25, 0.3) is 0 Å². The molecule has 0 radical (unpaired) electrons. The van der Waals surface area contributed by atoms with E-state index in [1.54, 1.807) is 23.3 Å². The predicted molar refractivity (Wildman–Crippen MR) is 97.2 cm³/mol. The van der Waals surface area contributed by atoms with E-state index in [9.17, 15) is 4.79 Å². The summed E-state index contributed by atoms with van der Waals surface area (Å²) in [6.07, 6.45) is 9.23. The summed E-state index contributed by atoms with van der Waals surface area (Å²) in [5.74, 6) is 0.531. The number of aromatic nitrogens is 4. The van der Waals surface area contributed by atoms with Crippen LogP contribution >= 0.6 is 0 Å². The summed E-state index contributed by atoms with van der Waals surface area (Å²) in [6, 6.07) is 1.69. The summed E-state index contributed by atoms with van der Waals surface area (Å²) < 4.78 is 1.76. The van der Waals surface area contributed by atoms with Crippen LogP contribution in [0.5, 0.6) is 0 Å². The monoisotopic (exact) mass is 341 g/mol. The lowest BCUT2D eigenvalue weighted by Gasteiger charge is -2.32. The van der Waals surface area contributed by atoms with Crippen molar-refractivity contribution in [1.29, 1.82) is 0 Å². The Labute approximate surface area is 149 Å². The van der Waals surface area contributed by atoms with Crippen LogP contribution in [0, 0.1) is 5.92 Å². The van der Waals surface area contributed by atoms with Gasteiger partial charge in [0.25, 0.3) is 5.56 Å². The highest BCUT2D eigenvalue weighted by molar-refractivity contribution is 5.10. The predicted octanol–water partition coefficient (Wildman–Crippen LogP) is 2.24. The second-order valence-corrected chi connectivity index (χ2v) is 7.98. The highest BCUT2D eigenvalue weighted by Gasteiger charge is 2.21. The third-order valence-corrected chi connectivity index (χ3v) is 4.83. The molecule has 0 bridgehead atoms. The number of piperidine rings is 1. The highest BCUT2D eigenvalue weighted by Crippen LogP contribution is 2.21. The van der Waals surface area contributed by atoms with Gasteiger partial charge in [-0.25, -0.2) is 15.0 Å².